The van der Waals surface area contributed by atoms with Crippen LogP contribution in [-0.2, 0) is 6.42 Å². The monoisotopic (exact) mass is 264 g/mol. The fourth-order valence-corrected chi connectivity index (χ4v) is 2.58. The molecule has 0 saturated heterocycles. The Morgan fingerprint density at radius 3 is 2.30 bits per heavy atom. The van der Waals surface area contributed by atoms with Crippen molar-refractivity contribution in [1.82, 2.24) is 10.6 Å². The molecule has 1 aliphatic heterocycles. The highest BCUT2D eigenvalue weighted by atomic mass is 15.1. The van der Waals surface area contributed by atoms with E-state index in [-0.39, 0.29) is 0 Å². The van der Waals surface area contributed by atoms with Gasteiger partial charge in [0.1, 0.15) is 0 Å². The molecule has 0 bridgehead atoms. The topological polar surface area (TPSA) is 24.1 Å². The van der Waals surface area contributed by atoms with E-state index in [4.69, 9.17) is 0 Å². The maximum Gasteiger partial charge on any atom is 0.0951 e. The first-order chi connectivity index (χ1) is 9.92. The van der Waals surface area contributed by atoms with Crippen molar-refractivity contribution in [2.45, 2.75) is 18.9 Å². The summed E-state index contributed by atoms with van der Waals surface area (Å²) in [6.07, 6.45) is 4.33. The normalized spacial score (nSPS) is 15.3. The zero-order chi connectivity index (χ0) is 13.6. The summed E-state index contributed by atoms with van der Waals surface area (Å²) in [6.45, 7) is 1.04. The zero-order valence-corrected chi connectivity index (χ0v) is 11.5. The minimum Gasteiger partial charge on any atom is -0.372 e. The molecule has 0 amide bonds. The molecule has 102 valence electrons. The number of hydrogen-bond donors (Lipinski definition) is 2. The van der Waals surface area contributed by atoms with Crippen LogP contribution in [0.25, 0.3) is 0 Å². The van der Waals surface area contributed by atoms with Crippen LogP contribution in [0.2, 0.25) is 0 Å². The highest BCUT2D eigenvalue weighted by Gasteiger charge is 2.14. The summed E-state index contributed by atoms with van der Waals surface area (Å²) in [6, 6.07) is 21.6. The van der Waals surface area contributed by atoms with Crippen molar-refractivity contribution in [3.05, 3.63) is 83.7 Å². The first kappa shape index (κ1) is 12.8. The van der Waals surface area contributed by atoms with Crippen LogP contribution in [-0.4, -0.2) is 6.54 Å². The Labute approximate surface area is 120 Å². The minimum absolute atomic E-state index is 0.301. The molecule has 0 saturated carbocycles. The van der Waals surface area contributed by atoms with Gasteiger partial charge in [0.25, 0.3) is 0 Å². The van der Waals surface area contributed by atoms with Crippen LogP contribution in [0, 0.1) is 0 Å². The molecule has 2 aromatic rings. The molecule has 0 aliphatic carbocycles. The summed E-state index contributed by atoms with van der Waals surface area (Å²) in [5, 5.41) is 7.02. The van der Waals surface area contributed by atoms with E-state index in [9.17, 15) is 0 Å². The van der Waals surface area contributed by atoms with Crippen LogP contribution in [0.5, 0.6) is 0 Å². The fraction of sp³-hybridized carbons (Fsp3) is 0.222. The van der Waals surface area contributed by atoms with E-state index in [1.54, 1.807) is 0 Å². The van der Waals surface area contributed by atoms with Crippen LogP contribution >= 0.6 is 0 Å². The summed E-state index contributed by atoms with van der Waals surface area (Å²) in [5.74, 6) is 1.16. The van der Waals surface area contributed by atoms with Gasteiger partial charge < -0.3 is 10.6 Å². The van der Waals surface area contributed by atoms with Gasteiger partial charge in [0.2, 0.25) is 0 Å². The Kier molecular flexibility index (Phi) is 4.02. The maximum atomic E-state index is 3.63. The standard InChI is InChI=1S/C18H20N2/c1-3-8-15(9-4-1)14-17(16-10-5-2-6-11-16)20-18-12-7-13-19-18/h1-6,8-12,17,19-20H,7,13-14H2. The van der Waals surface area contributed by atoms with E-state index in [1.807, 2.05) is 0 Å². The predicted molar refractivity (Wildman–Crippen MR) is 83.2 cm³/mol. The van der Waals surface area contributed by atoms with Gasteiger partial charge in [-0.25, -0.2) is 0 Å². The molecule has 1 unspecified atom stereocenters. The first-order valence-corrected chi connectivity index (χ1v) is 7.21. The minimum atomic E-state index is 0.301. The van der Waals surface area contributed by atoms with Gasteiger partial charge in [-0.2, -0.15) is 0 Å². The largest absolute Gasteiger partial charge is 0.372 e. The van der Waals surface area contributed by atoms with Crippen molar-refractivity contribution in [3.8, 4) is 0 Å². The second-order valence-corrected chi connectivity index (χ2v) is 5.13. The number of hydrogen-bond acceptors (Lipinski definition) is 2. The third-order valence-electron chi connectivity index (χ3n) is 3.62. The van der Waals surface area contributed by atoms with Gasteiger partial charge in [-0.15, -0.1) is 0 Å². The molecule has 1 atom stereocenters. The number of rotatable bonds is 5. The fourth-order valence-electron chi connectivity index (χ4n) is 2.58. The van der Waals surface area contributed by atoms with Gasteiger partial charge in [0.15, 0.2) is 0 Å². The molecule has 2 aromatic carbocycles. The molecule has 0 radical (unpaired) electrons. The van der Waals surface area contributed by atoms with Crippen molar-refractivity contribution >= 4 is 0 Å². The Morgan fingerprint density at radius 1 is 0.950 bits per heavy atom. The molecule has 2 heteroatoms. The smallest absolute Gasteiger partial charge is 0.0951 e. The van der Waals surface area contributed by atoms with Crippen molar-refractivity contribution in [2.24, 2.45) is 0 Å². The van der Waals surface area contributed by atoms with Gasteiger partial charge >= 0.3 is 0 Å². The van der Waals surface area contributed by atoms with E-state index < -0.39 is 0 Å². The molecule has 1 heterocycles. The van der Waals surface area contributed by atoms with Gasteiger partial charge in [0.05, 0.1) is 11.9 Å². The lowest BCUT2D eigenvalue weighted by Crippen LogP contribution is -2.28. The Morgan fingerprint density at radius 2 is 1.65 bits per heavy atom. The van der Waals surface area contributed by atoms with E-state index in [2.05, 4.69) is 77.4 Å². The highest BCUT2D eigenvalue weighted by Crippen LogP contribution is 2.20. The molecular weight excluding hydrogens is 244 g/mol. The van der Waals surface area contributed by atoms with Gasteiger partial charge in [-0.05, 0) is 30.0 Å². The molecule has 1 aliphatic rings. The molecule has 0 fully saturated rings. The third-order valence-corrected chi connectivity index (χ3v) is 3.62. The Bertz CT molecular complexity index is 560. The van der Waals surface area contributed by atoms with Crippen LogP contribution < -0.4 is 10.6 Å². The van der Waals surface area contributed by atoms with Crippen molar-refractivity contribution in [2.75, 3.05) is 6.54 Å². The van der Waals surface area contributed by atoms with E-state index >= 15 is 0 Å². The summed E-state index contributed by atoms with van der Waals surface area (Å²) >= 11 is 0. The summed E-state index contributed by atoms with van der Waals surface area (Å²) < 4.78 is 0. The van der Waals surface area contributed by atoms with Crippen LogP contribution in [0.3, 0.4) is 0 Å². The van der Waals surface area contributed by atoms with Crippen molar-refractivity contribution in [1.29, 1.82) is 0 Å². The Balaban J connectivity index is 1.79. The summed E-state index contributed by atoms with van der Waals surface area (Å²) in [7, 11) is 0. The maximum absolute atomic E-state index is 3.63. The van der Waals surface area contributed by atoms with E-state index in [0.29, 0.717) is 6.04 Å². The quantitative estimate of drug-likeness (QED) is 0.865. The predicted octanol–water partition coefficient (Wildman–Crippen LogP) is 3.39. The Hall–Kier alpha value is -2.22. The van der Waals surface area contributed by atoms with E-state index in [1.165, 1.54) is 11.1 Å². The average Bonchev–Trinajstić information content (AvgIpc) is 3.02. The van der Waals surface area contributed by atoms with Gasteiger partial charge in [-0.1, -0.05) is 60.7 Å². The summed E-state index contributed by atoms with van der Waals surface area (Å²) in [4.78, 5) is 0. The lowest BCUT2D eigenvalue weighted by molar-refractivity contribution is 0.569. The van der Waals surface area contributed by atoms with Gasteiger partial charge in [-0.3, -0.25) is 0 Å². The molecule has 20 heavy (non-hydrogen) atoms. The zero-order valence-electron chi connectivity index (χ0n) is 11.5. The summed E-state index contributed by atoms with van der Waals surface area (Å²) in [5.41, 5.74) is 2.68. The van der Waals surface area contributed by atoms with Crippen molar-refractivity contribution in [3.63, 3.8) is 0 Å². The second-order valence-electron chi connectivity index (χ2n) is 5.13. The average molecular weight is 264 g/mol. The van der Waals surface area contributed by atoms with E-state index in [0.717, 1.165) is 25.2 Å². The van der Waals surface area contributed by atoms with Crippen LogP contribution in [0.1, 0.15) is 23.6 Å². The lowest BCUT2D eigenvalue weighted by Gasteiger charge is -2.21. The van der Waals surface area contributed by atoms with Crippen LogP contribution in [0.4, 0.5) is 0 Å². The third kappa shape index (κ3) is 3.21. The number of nitrogens with one attached hydrogen (secondary N) is 2. The van der Waals surface area contributed by atoms with Crippen molar-refractivity contribution < 1.29 is 0 Å². The van der Waals surface area contributed by atoms with Crippen LogP contribution in [0.15, 0.2) is 72.6 Å². The molecule has 2 nitrogen and oxygen atoms in total. The molecule has 3 rings (SSSR count). The molecular formula is C18H20N2. The second kappa shape index (κ2) is 6.29. The molecule has 0 aromatic heterocycles. The number of benzene rings is 2. The molecule has 0 spiro atoms. The highest BCUT2D eigenvalue weighted by molar-refractivity contribution is 5.25. The molecule has 2 N–H and O–H groups in total. The SMILES string of the molecule is C1=C(NC(Cc2ccccc2)c2ccccc2)NCC1. The first-order valence-electron chi connectivity index (χ1n) is 7.21. The lowest BCUT2D eigenvalue weighted by atomic mass is 9.99. The van der Waals surface area contributed by atoms with Gasteiger partial charge in [0, 0.05) is 6.54 Å².